The topological polar surface area (TPSA) is 83.6 Å². The first-order valence-electron chi connectivity index (χ1n) is 4.71. The number of hydrogen-bond donors (Lipinski definition) is 2. The minimum atomic E-state index is -1.23. The van der Waals surface area contributed by atoms with Crippen LogP contribution in [0.25, 0.3) is 11.3 Å². The molecule has 6 heteroatoms. The molecule has 0 unspecified atom stereocenters. The number of carbonyl (C=O) groups is 1. The molecule has 2 aromatic rings. The first-order valence-corrected chi connectivity index (χ1v) is 4.71. The molecule has 1 aromatic carbocycles. The number of aromatic nitrogens is 1. The van der Waals surface area contributed by atoms with Crippen molar-refractivity contribution < 1.29 is 23.9 Å². The van der Waals surface area contributed by atoms with Crippen LogP contribution in [0.5, 0.6) is 0 Å². The number of carboxylic acid groups (broad SMARTS) is 1. The highest BCUT2D eigenvalue weighted by Gasteiger charge is 2.13. The van der Waals surface area contributed by atoms with Gasteiger partial charge in [0.15, 0.2) is 0 Å². The summed E-state index contributed by atoms with van der Waals surface area (Å²) in [5, 5.41) is 21.1. The number of halogens is 1. The van der Waals surface area contributed by atoms with Gasteiger partial charge in [-0.25, -0.2) is 9.18 Å². The van der Waals surface area contributed by atoms with Gasteiger partial charge in [0.2, 0.25) is 5.76 Å². The van der Waals surface area contributed by atoms with Gasteiger partial charge in [-0.15, -0.1) is 0 Å². The summed E-state index contributed by atoms with van der Waals surface area (Å²) in [6.45, 7) is -0.441. The van der Waals surface area contributed by atoms with Crippen molar-refractivity contribution in [3.8, 4) is 11.3 Å². The lowest BCUT2D eigenvalue weighted by atomic mass is 10.1. The zero-order valence-electron chi connectivity index (χ0n) is 8.55. The van der Waals surface area contributed by atoms with Gasteiger partial charge in [-0.2, -0.15) is 0 Å². The van der Waals surface area contributed by atoms with Crippen LogP contribution >= 0.6 is 0 Å². The number of nitrogens with zero attached hydrogens (tertiary/aromatic N) is 1. The number of aliphatic hydroxyl groups is 1. The Bertz CT molecular complexity index is 564. The molecule has 0 saturated carbocycles. The second-order valence-electron chi connectivity index (χ2n) is 3.35. The highest BCUT2D eigenvalue weighted by Crippen LogP contribution is 2.22. The van der Waals surface area contributed by atoms with Gasteiger partial charge in [-0.3, -0.25) is 0 Å². The van der Waals surface area contributed by atoms with Crippen LogP contribution in [0, 0.1) is 5.82 Å². The van der Waals surface area contributed by atoms with Crippen molar-refractivity contribution in [3.05, 3.63) is 41.4 Å². The van der Waals surface area contributed by atoms with Crippen LogP contribution in [0.1, 0.15) is 16.1 Å². The second kappa shape index (κ2) is 4.34. The van der Waals surface area contributed by atoms with Gasteiger partial charge in [0.05, 0.1) is 6.61 Å². The van der Waals surface area contributed by atoms with Crippen LogP contribution in [-0.2, 0) is 6.61 Å². The molecular weight excluding hydrogens is 229 g/mol. The standard InChI is InChI=1S/C11H8FNO4/c12-8-2-1-6(3-7(8)5-14)9-4-10(11(15)16)17-13-9/h1-4,14H,5H2,(H,15,16). The molecule has 1 heterocycles. The lowest BCUT2D eigenvalue weighted by molar-refractivity contribution is 0.0652. The Morgan fingerprint density at radius 1 is 1.41 bits per heavy atom. The lowest BCUT2D eigenvalue weighted by Gasteiger charge is -2.01. The predicted molar refractivity (Wildman–Crippen MR) is 54.8 cm³/mol. The second-order valence-corrected chi connectivity index (χ2v) is 3.35. The summed E-state index contributed by atoms with van der Waals surface area (Å²) in [5.74, 6) is -2.05. The molecule has 0 atom stereocenters. The van der Waals surface area contributed by atoms with Gasteiger partial charge >= 0.3 is 5.97 Å². The predicted octanol–water partition coefficient (Wildman–Crippen LogP) is 1.67. The van der Waals surface area contributed by atoms with Crippen molar-refractivity contribution in [1.82, 2.24) is 5.16 Å². The molecule has 0 radical (unpaired) electrons. The molecule has 0 aliphatic rings. The van der Waals surface area contributed by atoms with Crippen LogP contribution in [0.4, 0.5) is 4.39 Å². The minimum Gasteiger partial charge on any atom is -0.475 e. The highest BCUT2D eigenvalue weighted by molar-refractivity contribution is 5.85. The van der Waals surface area contributed by atoms with Gasteiger partial charge < -0.3 is 14.7 Å². The van der Waals surface area contributed by atoms with Gasteiger partial charge in [0.25, 0.3) is 0 Å². The number of carboxylic acids is 1. The van der Waals surface area contributed by atoms with E-state index >= 15 is 0 Å². The molecule has 2 N–H and O–H groups in total. The lowest BCUT2D eigenvalue weighted by Crippen LogP contribution is -1.92. The highest BCUT2D eigenvalue weighted by atomic mass is 19.1. The average Bonchev–Trinajstić information content (AvgIpc) is 2.79. The van der Waals surface area contributed by atoms with Crippen LogP contribution in [0.3, 0.4) is 0 Å². The third-order valence-corrected chi connectivity index (χ3v) is 2.23. The molecule has 2 rings (SSSR count). The van der Waals surface area contributed by atoms with Crippen molar-refractivity contribution >= 4 is 5.97 Å². The molecule has 0 aliphatic heterocycles. The summed E-state index contributed by atoms with van der Waals surface area (Å²) >= 11 is 0. The van der Waals surface area contributed by atoms with E-state index < -0.39 is 18.4 Å². The van der Waals surface area contributed by atoms with Gasteiger partial charge in [-0.1, -0.05) is 5.16 Å². The Hall–Kier alpha value is -2.21. The van der Waals surface area contributed by atoms with Crippen molar-refractivity contribution in [1.29, 1.82) is 0 Å². The fourth-order valence-corrected chi connectivity index (χ4v) is 1.37. The monoisotopic (exact) mass is 237 g/mol. The van der Waals surface area contributed by atoms with E-state index in [2.05, 4.69) is 9.68 Å². The minimum absolute atomic E-state index is 0.113. The van der Waals surface area contributed by atoms with Crippen LogP contribution in [0.2, 0.25) is 0 Å². The van der Waals surface area contributed by atoms with E-state index in [1.165, 1.54) is 24.3 Å². The fraction of sp³-hybridized carbons (Fsp3) is 0.0909. The van der Waals surface area contributed by atoms with E-state index in [9.17, 15) is 9.18 Å². The van der Waals surface area contributed by atoms with Crippen molar-refractivity contribution in [2.24, 2.45) is 0 Å². The smallest absolute Gasteiger partial charge is 0.374 e. The van der Waals surface area contributed by atoms with Crippen LogP contribution in [-0.4, -0.2) is 21.3 Å². The Balaban J connectivity index is 2.42. The molecule has 0 amide bonds. The van der Waals surface area contributed by atoms with Crippen molar-refractivity contribution in [2.45, 2.75) is 6.61 Å². The molecule has 0 fully saturated rings. The molecule has 17 heavy (non-hydrogen) atoms. The van der Waals surface area contributed by atoms with Gasteiger partial charge in [0, 0.05) is 17.2 Å². The first kappa shape index (κ1) is 11.3. The average molecular weight is 237 g/mol. The molecule has 1 aromatic heterocycles. The Morgan fingerprint density at radius 3 is 2.76 bits per heavy atom. The summed E-state index contributed by atoms with van der Waals surface area (Å²) in [6.07, 6.45) is 0. The van der Waals surface area contributed by atoms with E-state index in [-0.39, 0.29) is 17.0 Å². The summed E-state index contributed by atoms with van der Waals surface area (Å²) in [4.78, 5) is 10.6. The maximum Gasteiger partial charge on any atom is 0.374 e. The maximum atomic E-state index is 13.1. The van der Waals surface area contributed by atoms with E-state index in [4.69, 9.17) is 10.2 Å². The summed E-state index contributed by atoms with van der Waals surface area (Å²) in [6, 6.07) is 5.23. The third kappa shape index (κ3) is 2.16. The fourth-order valence-electron chi connectivity index (χ4n) is 1.37. The van der Waals surface area contributed by atoms with E-state index in [0.29, 0.717) is 5.56 Å². The molecule has 0 bridgehead atoms. The SMILES string of the molecule is O=C(O)c1cc(-c2ccc(F)c(CO)c2)no1. The molecule has 0 aliphatic carbocycles. The quantitative estimate of drug-likeness (QED) is 0.848. The number of aromatic carboxylic acids is 1. The number of benzene rings is 1. The molecular formula is C11H8FNO4. The number of aliphatic hydroxyl groups excluding tert-OH is 1. The Morgan fingerprint density at radius 2 is 2.18 bits per heavy atom. The molecule has 88 valence electrons. The zero-order valence-corrected chi connectivity index (χ0v) is 8.55. The van der Waals surface area contributed by atoms with E-state index in [1.807, 2.05) is 0 Å². The largest absolute Gasteiger partial charge is 0.475 e. The van der Waals surface area contributed by atoms with Gasteiger partial charge in [0.1, 0.15) is 11.5 Å². The van der Waals surface area contributed by atoms with Crippen LogP contribution in [0.15, 0.2) is 28.8 Å². The number of rotatable bonds is 3. The van der Waals surface area contributed by atoms with Crippen LogP contribution < -0.4 is 0 Å². The summed E-state index contributed by atoms with van der Waals surface area (Å²) < 4.78 is 17.7. The first-order chi connectivity index (χ1) is 8.11. The van der Waals surface area contributed by atoms with Crippen molar-refractivity contribution in [3.63, 3.8) is 0 Å². The normalized spacial score (nSPS) is 10.5. The van der Waals surface area contributed by atoms with E-state index in [0.717, 1.165) is 0 Å². The maximum absolute atomic E-state index is 13.1. The number of hydrogen-bond acceptors (Lipinski definition) is 4. The van der Waals surface area contributed by atoms with E-state index in [1.54, 1.807) is 0 Å². The molecule has 0 saturated heterocycles. The van der Waals surface area contributed by atoms with Crippen molar-refractivity contribution in [2.75, 3.05) is 0 Å². The Labute approximate surface area is 95.1 Å². The zero-order chi connectivity index (χ0) is 12.4. The molecule has 0 spiro atoms. The van der Waals surface area contributed by atoms with Gasteiger partial charge in [-0.05, 0) is 18.2 Å². The summed E-state index contributed by atoms with van der Waals surface area (Å²) in [7, 11) is 0. The summed E-state index contributed by atoms with van der Waals surface area (Å²) in [5.41, 5.74) is 0.867. The third-order valence-electron chi connectivity index (χ3n) is 2.23. The molecule has 5 nitrogen and oxygen atoms in total. The Kier molecular flexibility index (Phi) is 2.88.